The van der Waals surface area contributed by atoms with Crippen molar-refractivity contribution in [3.63, 3.8) is 0 Å². The van der Waals surface area contributed by atoms with E-state index in [4.69, 9.17) is 0 Å². The van der Waals surface area contributed by atoms with E-state index in [0.717, 1.165) is 16.8 Å². The first-order valence-corrected chi connectivity index (χ1v) is 4.85. The van der Waals surface area contributed by atoms with E-state index in [9.17, 15) is 0 Å². The molecular weight excluding hydrogens is 184 g/mol. The molecule has 0 unspecified atom stereocenters. The van der Waals surface area contributed by atoms with Crippen LogP contribution in [0.1, 0.15) is 0 Å². The maximum Gasteiger partial charge on any atom is 0.182 e. The molecule has 3 rings (SSSR count). The number of aromatic nitrogens is 2. The molecule has 2 heteroatoms. The summed E-state index contributed by atoms with van der Waals surface area (Å²) in [6.45, 7) is 0. The fourth-order valence-electron chi connectivity index (χ4n) is 1.69. The molecule has 1 radical (unpaired) electrons. The maximum atomic E-state index is 4.30. The zero-order chi connectivity index (χ0) is 10.1. The van der Waals surface area contributed by atoms with Gasteiger partial charge in [0.05, 0.1) is 11.2 Å². The molecule has 0 fully saturated rings. The smallest absolute Gasteiger partial charge is 0.182 e. The van der Waals surface area contributed by atoms with Gasteiger partial charge < -0.3 is 0 Å². The second-order valence-electron chi connectivity index (χ2n) is 3.38. The highest BCUT2D eigenvalue weighted by Crippen LogP contribution is 2.21. The summed E-state index contributed by atoms with van der Waals surface area (Å²) >= 11 is 0. The molecule has 0 saturated carbocycles. The lowest BCUT2D eigenvalue weighted by Gasteiger charge is -1.97. The van der Waals surface area contributed by atoms with E-state index in [-0.39, 0.29) is 0 Å². The van der Waals surface area contributed by atoms with Crippen molar-refractivity contribution < 1.29 is 0 Å². The van der Waals surface area contributed by atoms with E-state index in [1.807, 2.05) is 47.0 Å². The topological polar surface area (TPSA) is 17.3 Å². The molecule has 0 aliphatic carbocycles. The van der Waals surface area contributed by atoms with E-state index in [1.165, 1.54) is 0 Å². The second kappa shape index (κ2) is 3.24. The summed E-state index contributed by atoms with van der Waals surface area (Å²) in [6, 6.07) is 16.2. The Bertz CT molecular complexity index is 582. The van der Waals surface area contributed by atoms with Crippen LogP contribution in [0, 0.1) is 6.33 Å². The van der Waals surface area contributed by atoms with Crippen LogP contribution < -0.4 is 0 Å². The highest BCUT2D eigenvalue weighted by atomic mass is 15.0. The largest absolute Gasteiger partial charge is 0.297 e. The van der Waals surface area contributed by atoms with Gasteiger partial charge in [0.2, 0.25) is 0 Å². The number of nitrogens with zero attached hydrogens (tertiary/aromatic N) is 2. The predicted octanol–water partition coefficient (Wildman–Crippen LogP) is 2.80. The Morgan fingerprint density at radius 3 is 2.60 bits per heavy atom. The van der Waals surface area contributed by atoms with Gasteiger partial charge in [0.1, 0.15) is 0 Å². The summed E-state index contributed by atoms with van der Waals surface area (Å²) in [5.74, 6) is 0. The zero-order valence-corrected chi connectivity index (χ0v) is 8.09. The van der Waals surface area contributed by atoms with E-state index in [0.29, 0.717) is 0 Å². The SMILES string of the molecule is [c]1nc(-c2ccccc2)c2ccccn12. The lowest BCUT2D eigenvalue weighted by atomic mass is 10.1. The maximum absolute atomic E-state index is 4.30. The highest BCUT2D eigenvalue weighted by molar-refractivity contribution is 5.76. The predicted molar refractivity (Wildman–Crippen MR) is 59.5 cm³/mol. The van der Waals surface area contributed by atoms with Gasteiger partial charge in [-0.1, -0.05) is 36.4 Å². The summed E-state index contributed by atoms with van der Waals surface area (Å²) in [5.41, 5.74) is 3.20. The molecule has 0 aliphatic rings. The van der Waals surface area contributed by atoms with E-state index in [2.05, 4.69) is 23.4 Å². The Morgan fingerprint density at radius 2 is 1.73 bits per heavy atom. The average molecular weight is 193 g/mol. The minimum atomic E-state index is 0.983. The average Bonchev–Trinajstić information content (AvgIpc) is 2.74. The molecule has 0 atom stereocenters. The summed E-state index contributed by atoms with van der Waals surface area (Å²) in [7, 11) is 0. The highest BCUT2D eigenvalue weighted by Gasteiger charge is 2.05. The Morgan fingerprint density at radius 1 is 0.933 bits per heavy atom. The molecule has 2 nitrogen and oxygen atoms in total. The van der Waals surface area contributed by atoms with Crippen molar-refractivity contribution in [2.24, 2.45) is 0 Å². The molecule has 1 aromatic carbocycles. The Hall–Kier alpha value is -2.09. The normalized spacial score (nSPS) is 10.7. The van der Waals surface area contributed by atoms with Crippen molar-refractivity contribution in [3.8, 4) is 11.3 Å². The van der Waals surface area contributed by atoms with Crippen molar-refractivity contribution >= 4 is 5.52 Å². The van der Waals surface area contributed by atoms with Crippen LogP contribution in [0.25, 0.3) is 16.8 Å². The van der Waals surface area contributed by atoms with Crippen LogP contribution in [0.5, 0.6) is 0 Å². The molecule has 0 spiro atoms. The monoisotopic (exact) mass is 193 g/mol. The first-order chi connectivity index (χ1) is 7.45. The molecular formula is C13H9N2. The van der Waals surface area contributed by atoms with Crippen molar-refractivity contribution in [1.82, 2.24) is 9.38 Å². The van der Waals surface area contributed by atoms with Crippen molar-refractivity contribution in [2.75, 3.05) is 0 Å². The van der Waals surface area contributed by atoms with E-state index >= 15 is 0 Å². The van der Waals surface area contributed by atoms with Gasteiger partial charge in [-0.2, -0.15) is 0 Å². The lowest BCUT2D eigenvalue weighted by Crippen LogP contribution is -1.80. The van der Waals surface area contributed by atoms with Gasteiger partial charge in [0.25, 0.3) is 0 Å². The molecule has 0 amide bonds. The number of rotatable bonds is 1. The van der Waals surface area contributed by atoms with Crippen LogP contribution in [0.15, 0.2) is 54.7 Å². The molecule has 3 aromatic rings. The molecule has 0 N–H and O–H groups in total. The number of hydrogen-bond acceptors (Lipinski definition) is 1. The van der Waals surface area contributed by atoms with E-state index in [1.54, 1.807) is 0 Å². The quantitative estimate of drug-likeness (QED) is 0.581. The van der Waals surface area contributed by atoms with Crippen molar-refractivity contribution in [3.05, 3.63) is 61.1 Å². The molecule has 0 aliphatic heterocycles. The van der Waals surface area contributed by atoms with Crippen molar-refractivity contribution in [1.29, 1.82) is 0 Å². The van der Waals surface area contributed by atoms with Crippen LogP contribution in [0.2, 0.25) is 0 Å². The summed E-state index contributed by atoms with van der Waals surface area (Å²) in [6.07, 6.45) is 4.91. The fourth-order valence-corrected chi connectivity index (χ4v) is 1.69. The first kappa shape index (κ1) is 8.24. The Kier molecular flexibility index (Phi) is 1.78. The fraction of sp³-hybridized carbons (Fsp3) is 0. The standard InChI is InChI=1S/C13H9N2/c1-2-6-11(7-3-1)13-12-8-4-5-9-15(12)10-14-13/h1-9H. The number of pyridine rings is 1. The molecule has 0 bridgehead atoms. The van der Waals surface area contributed by atoms with Crippen LogP contribution in [-0.4, -0.2) is 9.38 Å². The van der Waals surface area contributed by atoms with Crippen LogP contribution >= 0.6 is 0 Å². The lowest BCUT2D eigenvalue weighted by molar-refractivity contribution is 1.14. The van der Waals surface area contributed by atoms with Gasteiger partial charge >= 0.3 is 0 Å². The number of hydrogen-bond donors (Lipinski definition) is 0. The molecule has 15 heavy (non-hydrogen) atoms. The number of benzene rings is 1. The molecule has 0 saturated heterocycles. The second-order valence-corrected chi connectivity index (χ2v) is 3.38. The third-order valence-corrected chi connectivity index (χ3v) is 2.42. The first-order valence-electron chi connectivity index (χ1n) is 4.85. The van der Waals surface area contributed by atoms with Crippen molar-refractivity contribution in [2.45, 2.75) is 0 Å². The van der Waals surface area contributed by atoms with Crippen LogP contribution in [-0.2, 0) is 0 Å². The van der Waals surface area contributed by atoms with Gasteiger partial charge in [0, 0.05) is 11.8 Å². The Balaban J connectivity index is 2.28. The number of imidazole rings is 1. The summed E-state index contributed by atoms with van der Waals surface area (Å²) in [4.78, 5) is 4.30. The third-order valence-electron chi connectivity index (χ3n) is 2.42. The van der Waals surface area contributed by atoms with E-state index < -0.39 is 0 Å². The molecule has 2 aromatic heterocycles. The van der Waals surface area contributed by atoms with Gasteiger partial charge in [-0.3, -0.25) is 4.40 Å². The molecule has 71 valence electrons. The van der Waals surface area contributed by atoms with Gasteiger partial charge in [-0.15, -0.1) is 0 Å². The Labute approximate surface area is 87.8 Å². The van der Waals surface area contributed by atoms with Crippen LogP contribution in [0.4, 0.5) is 0 Å². The summed E-state index contributed by atoms with van der Waals surface area (Å²) < 4.78 is 1.91. The number of fused-ring (bicyclic) bond motifs is 1. The minimum Gasteiger partial charge on any atom is -0.297 e. The van der Waals surface area contributed by atoms with Gasteiger partial charge in [-0.05, 0) is 12.1 Å². The third kappa shape index (κ3) is 1.31. The molecule has 2 heterocycles. The zero-order valence-electron chi connectivity index (χ0n) is 8.09. The minimum absolute atomic E-state index is 0.983. The van der Waals surface area contributed by atoms with Gasteiger partial charge in [0.15, 0.2) is 6.33 Å². The summed E-state index contributed by atoms with van der Waals surface area (Å²) in [5, 5.41) is 0. The van der Waals surface area contributed by atoms with Crippen LogP contribution in [0.3, 0.4) is 0 Å². The van der Waals surface area contributed by atoms with Gasteiger partial charge in [-0.25, -0.2) is 4.98 Å².